The van der Waals surface area contributed by atoms with Gasteiger partial charge < -0.3 is 15.4 Å². The van der Waals surface area contributed by atoms with E-state index in [1.54, 1.807) is 13.3 Å². The maximum Gasteiger partial charge on any atom is 0.232 e. The predicted octanol–water partition coefficient (Wildman–Crippen LogP) is 0.938. The van der Waals surface area contributed by atoms with Crippen molar-refractivity contribution >= 4 is 27.8 Å². The topological polar surface area (TPSA) is 76.1 Å². The molecule has 2 rings (SSSR count). The van der Waals surface area contributed by atoms with Crippen LogP contribution in [0.15, 0.2) is 10.7 Å². The summed E-state index contributed by atoms with van der Waals surface area (Å²) in [4.78, 5) is 19.3. The molecule has 1 fully saturated rings. The van der Waals surface area contributed by atoms with Crippen LogP contribution < -0.4 is 15.4 Å². The molecule has 0 saturated carbocycles. The summed E-state index contributed by atoms with van der Waals surface area (Å²) < 4.78 is 5.79. The van der Waals surface area contributed by atoms with Crippen molar-refractivity contribution in [3.63, 3.8) is 0 Å². The van der Waals surface area contributed by atoms with Crippen molar-refractivity contribution in [2.45, 2.75) is 18.9 Å². The molecule has 1 unspecified atom stereocenters. The van der Waals surface area contributed by atoms with E-state index in [1.165, 1.54) is 0 Å². The highest BCUT2D eigenvalue weighted by Gasteiger charge is 2.18. The number of rotatable bonds is 3. The molecule has 0 radical (unpaired) electrons. The number of halogens is 1. The normalized spacial score (nSPS) is 19.6. The van der Waals surface area contributed by atoms with Crippen LogP contribution in [0.4, 0.5) is 5.95 Å². The number of anilines is 1. The molecule has 6 nitrogen and oxygen atoms in total. The van der Waals surface area contributed by atoms with Crippen molar-refractivity contribution in [1.29, 1.82) is 0 Å². The zero-order valence-corrected chi connectivity index (χ0v) is 11.0. The first-order valence-corrected chi connectivity index (χ1v) is 6.08. The van der Waals surface area contributed by atoms with Crippen molar-refractivity contribution in [2.75, 3.05) is 19.0 Å². The number of amides is 1. The van der Waals surface area contributed by atoms with Crippen molar-refractivity contribution in [3.8, 4) is 5.88 Å². The van der Waals surface area contributed by atoms with Gasteiger partial charge in [0, 0.05) is 19.0 Å². The SMILES string of the molecule is COc1nc(NC2CCC(=O)NC2)ncc1Br. The molecule has 0 aliphatic carbocycles. The van der Waals surface area contributed by atoms with E-state index in [0.29, 0.717) is 29.3 Å². The molecule has 0 spiro atoms. The second-order valence-corrected chi connectivity index (χ2v) is 4.59. The van der Waals surface area contributed by atoms with Gasteiger partial charge in [-0.1, -0.05) is 0 Å². The van der Waals surface area contributed by atoms with Gasteiger partial charge in [-0.2, -0.15) is 4.98 Å². The van der Waals surface area contributed by atoms with Crippen LogP contribution in [0.5, 0.6) is 5.88 Å². The standard InChI is InChI=1S/C10H13BrN4O2/c1-17-9-7(11)5-13-10(15-9)14-6-2-3-8(16)12-4-6/h5-6H,2-4H2,1H3,(H,12,16)(H,13,14,15). The quantitative estimate of drug-likeness (QED) is 0.869. The Bertz CT molecular complexity index is 417. The predicted molar refractivity (Wildman–Crippen MR) is 65.9 cm³/mol. The van der Waals surface area contributed by atoms with E-state index in [9.17, 15) is 4.79 Å². The van der Waals surface area contributed by atoms with Gasteiger partial charge in [-0.05, 0) is 22.4 Å². The van der Waals surface area contributed by atoms with Gasteiger partial charge in [0.25, 0.3) is 0 Å². The minimum Gasteiger partial charge on any atom is -0.480 e. The van der Waals surface area contributed by atoms with E-state index < -0.39 is 0 Å². The third-order valence-electron chi connectivity index (χ3n) is 2.50. The average molecular weight is 301 g/mol. The number of methoxy groups -OCH3 is 1. The van der Waals surface area contributed by atoms with E-state index >= 15 is 0 Å². The van der Waals surface area contributed by atoms with Gasteiger partial charge in [0.05, 0.1) is 17.8 Å². The first-order chi connectivity index (χ1) is 8.19. The molecule has 1 aliphatic heterocycles. The molecule has 0 aromatic carbocycles. The first kappa shape index (κ1) is 12.1. The fourth-order valence-corrected chi connectivity index (χ4v) is 1.96. The van der Waals surface area contributed by atoms with E-state index in [1.807, 2.05) is 0 Å². The van der Waals surface area contributed by atoms with Gasteiger partial charge in [-0.25, -0.2) is 4.98 Å². The number of piperidine rings is 1. The largest absolute Gasteiger partial charge is 0.480 e. The van der Waals surface area contributed by atoms with E-state index in [2.05, 4.69) is 36.5 Å². The molecule has 2 heterocycles. The maximum absolute atomic E-state index is 11.0. The molecule has 1 saturated heterocycles. The highest BCUT2D eigenvalue weighted by atomic mass is 79.9. The van der Waals surface area contributed by atoms with Crippen LogP contribution in [0.3, 0.4) is 0 Å². The summed E-state index contributed by atoms with van der Waals surface area (Å²) in [5.74, 6) is 1.09. The Morgan fingerprint density at radius 3 is 3.12 bits per heavy atom. The lowest BCUT2D eigenvalue weighted by molar-refractivity contribution is -0.122. The number of hydrogen-bond donors (Lipinski definition) is 2. The van der Waals surface area contributed by atoms with Crippen LogP contribution in [-0.4, -0.2) is 35.6 Å². The average Bonchev–Trinajstić information content (AvgIpc) is 2.34. The second kappa shape index (κ2) is 5.31. The summed E-state index contributed by atoms with van der Waals surface area (Å²) in [7, 11) is 1.55. The van der Waals surface area contributed by atoms with Gasteiger partial charge in [-0.15, -0.1) is 0 Å². The van der Waals surface area contributed by atoms with Gasteiger partial charge in [0.1, 0.15) is 0 Å². The van der Waals surface area contributed by atoms with Crippen molar-refractivity contribution in [3.05, 3.63) is 10.7 Å². The number of aromatic nitrogens is 2. The Morgan fingerprint density at radius 1 is 1.65 bits per heavy atom. The van der Waals surface area contributed by atoms with Crippen molar-refractivity contribution in [2.24, 2.45) is 0 Å². The zero-order chi connectivity index (χ0) is 12.3. The summed E-state index contributed by atoms with van der Waals surface area (Å²) in [5.41, 5.74) is 0. The number of ether oxygens (including phenoxy) is 1. The van der Waals surface area contributed by atoms with E-state index in [0.717, 1.165) is 6.42 Å². The van der Waals surface area contributed by atoms with Gasteiger partial charge in [0.15, 0.2) is 0 Å². The number of carbonyl (C=O) groups is 1. The van der Waals surface area contributed by atoms with Crippen LogP contribution in [0.25, 0.3) is 0 Å². The molecule has 1 atom stereocenters. The minimum absolute atomic E-state index is 0.0948. The molecule has 0 bridgehead atoms. The van der Waals surface area contributed by atoms with E-state index in [4.69, 9.17) is 4.74 Å². The summed E-state index contributed by atoms with van der Waals surface area (Å²) in [6, 6.07) is 0.165. The number of carbonyl (C=O) groups excluding carboxylic acids is 1. The highest BCUT2D eigenvalue weighted by molar-refractivity contribution is 9.10. The lowest BCUT2D eigenvalue weighted by Gasteiger charge is -2.23. The van der Waals surface area contributed by atoms with Crippen molar-refractivity contribution in [1.82, 2.24) is 15.3 Å². The second-order valence-electron chi connectivity index (χ2n) is 3.73. The molecule has 92 valence electrons. The third kappa shape index (κ3) is 3.06. The fourth-order valence-electron chi connectivity index (χ4n) is 1.60. The van der Waals surface area contributed by atoms with Gasteiger partial charge in [-0.3, -0.25) is 4.79 Å². The molecule has 1 amide bonds. The van der Waals surface area contributed by atoms with Crippen LogP contribution in [0, 0.1) is 0 Å². The molecule has 2 N–H and O–H groups in total. The monoisotopic (exact) mass is 300 g/mol. The lowest BCUT2D eigenvalue weighted by atomic mass is 10.1. The van der Waals surface area contributed by atoms with Crippen LogP contribution >= 0.6 is 15.9 Å². The Kier molecular flexibility index (Phi) is 3.78. The molecular weight excluding hydrogens is 288 g/mol. The zero-order valence-electron chi connectivity index (χ0n) is 9.36. The smallest absolute Gasteiger partial charge is 0.232 e. The molecule has 1 aromatic rings. The number of nitrogens with one attached hydrogen (secondary N) is 2. The Balaban J connectivity index is 2.01. The molecular formula is C10H13BrN4O2. The van der Waals surface area contributed by atoms with E-state index in [-0.39, 0.29) is 11.9 Å². The summed E-state index contributed by atoms with van der Waals surface area (Å²) in [6.45, 7) is 0.598. The number of nitrogens with zero attached hydrogens (tertiary/aromatic N) is 2. The Hall–Kier alpha value is -1.37. The minimum atomic E-state index is 0.0948. The molecule has 1 aromatic heterocycles. The summed E-state index contributed by atoms with van der Waals surface area (Å²) in [6.07, 6.45) is 2.95. The van der Waals surface area contributed by atoms with Crippen LogP contribution in [-0.2, 0) is 4.79 Å². The van der Waals surface area contributed by atoms with Gasteiger partial charge in [0.2, 0.25) is 17.7 Å². The Morgan fingerprint density at radius 2 is 2.47 bits per heavy atom. The van der Waals surface area contributed by atoms with Crippen molar-refractivity contribution < 1.29 is 9.53 Å². The Labute approximate surface area is 107 Å². The fraction of sp³-hybridized carbons (Fsp3) is 0.500. The van der Waals surface area contributed by atoms with Gasteiger partial charge >= 0.3 is 0 Å². The third-order valence-corrected chi connectivity index (χ3v) is 3.05. The molecule has 17 heavy (non-hydrogen) atoms. The highest BCUT2D eigenvalue weighted by Crippen LogP contribution is 2.22. The summed E-state index contributed by atoms with van der Waals surface area (Å²) in [5, 5.41) is 5.96. The van der Waals surface area contributed by atoms with Crippen LogP contribution in [0.1, 0.15) is 12.8 Å². The van der Waals surface area contributed by atoms with Crippen LogP contribution in [0.2, 0.25) is 0 Å². The summed E-state index contributed by atoms with van der Waals surface area (Å²) >= 11 is 3.29. The maximum atomic E-state index is 11.0. The molecule has 1 aliphatic rings. The molecule has 7 heteroatoms. The lowest BCUT2D eigenvalue weighted by Crippen LogP contribution is -2.42. The first-order valence-electron chi connectivity index (χ1n) is 5.29. The number of hydrogen-bond acceptors (Lipinski definition) is 5.